The van der Waals surface area contributed by atoms with Crippen LogP contribution < -0.4 is 10.5 Å². The second-order valence-electron chi connectivity index (χ2n) is 9.24. The molecule has 2 aromatic carbocycles. The number of hydrogen-bond donors (Lipinski definition) is 1. The van der Waals surface area contributed by atoms with E-state index in [0.717, 1.165) is 33.2 Å². The third-order valence-corrected chi connectivity index (χ3v) is 7.65. The Balaban J connectivity index is 0.000000458. The Morgan fingerprint density at radius 2 is 1.71 bits per heavy atom. The van der Waals surface area contributed by atoms with Gasteiger partial charge in [-0.3, -0.25) is 9.59 Å². The Morgan fingerprint density at radius 3 is 2.36 bits per heavy atom. The summed E-state index contributed by atoms with van der Waals surface area (Å²) in [7, 11) is 0. The van der Waals surface area contributed by atoms with Gasteiger partial charge in [-0.05, 0) is 79.6 Å². The van der Waals surface area contributed by atoms with Crippen LogP contribution in [-0.4, -0.2) is 29.6 Å². The van der Waals surface area contributed by atoms with Crippen LogP contribution in [0.2, 0.25) is 0 Å². The molecule has 7 nitrogen and oxygen atoms in total. The third-order valence-electron chi connectivity index (χ3n) is 5.77. The van der Waals surface area contributed by atoms with Gasteiger partial charge in [0.15, 0.2) is 6.29 Å². The quantitative estimate of drug-likeness (QED) is 0.0464. The van der Waals surface area contributed by atoms with Crippen molar-refractivity contribution >= 4 is 46.8 Å². The number of nitrogens with zero attached hydrogens (tertiary/aromatic N) is 1. The maximum atomic E-state index is 11.8. The van der Waals surface area contributed by atoms with Gasteiger partial charge in [-0.15, -0.1) is 22.7 Å². The second-order valence-corrected chi connectivity index (χ2v) is 11.1. The molecule has 0 saturated heterocycles. The van der Waals surface area contributed by atoms with Gasteiger partial charge in [0.2, 0.25) is 5.78 Å². The van der Waals surface area contributed by atoms with E-state index in [2.05, 4.69) is 4.98 Å². The van der Waals surface area contributed by atoms with Gasteiger partial charge in [0.1, 0.15) is 17.4 Å². The van der Waals surface area contributed by atoms with Crippen LogP contribution >= 0.6 is 22.7 Å². The molecular weight excluding hydrogens is 569 g/mol. The van der Waals surface area contributed by atoms with E-state index in [4.69, 9.17) is 15.2 Å². The number of thiazole rings is 1. The normalized spacial score (nSPS) is 12.1. The Labute approximate surface area is 254 Å². The van der Waals surface area contributed by atoms with E-state index in [-0.39, 0.29) is 12.0 Å². The van der Waals surface area contributed by atoms with E-state index in [9.17, 15) is 14.4 Å². The minimum Gasteiger partial charge on any atom is -0.489 e. The summed E-state index contributed by atoms with van der Waals surface area (Å²) in [4.78, 5) is 37.3. The lowest BCUT2D eigenvalue weighted by Gasteiger charge is -2.10. The molecule has 2 N–H and O–H groups in total. The summed E-state index contributed by atoms with van der Waals surface area (Å²) in [5.74, 6) is 0.0900. The molecule has 4 rings (SSSR count). The van der Waals surface area contributed by atoms with Crippen molar-refractivity contribution < 1.29 is 23.9 Å². The number of ether oxygens (including phenoxy) is 2. The first-order valence-electron chi connectivity index (χ1n) is 13.3. The number of aromatic nitrogens is 1. The summed E-state index contributed by atoms with van der Waals surface area (Å²) >= 11 is 2.82. The van der Waals surface area contributed by atoms with Crippen molar-refractivity contribution in [2.24, 2.45) is 5.73 Å². The number of aldehydes is 1. The molecule has 1 unspecified atom stereocenters. The minimum atomic E-state index is -0.440. The maximum absolute atomic E-state index is 11.8. The Hall–Kier alpha value is -4.18. The summed E-state index contributed by atoms with van der Waals surface area (Å²) in [6.07, 6.45) is 4.76. The number of allylic oxidation sites excluding steroid dienone is 2. The van der Waals surface area contributed by atoms with Gasteiger partial charge >= 0.3 is 5.97 Å². The zero-order chi connectivity index (χ0) is 30.3. The fourth-order valence-corrected chi connectivity index (χ4v) is 5.14. The fraction of sp³-hybridized carbons (Fsp3) is 0.212. The van der Waals surface area contributed by atoms with Gasteiger partial charge in [0.25, 0.3) is 0 Å². The average Bonchev–Trinajstić information content (AvgIpc) is 3.70. The highest BCUT2D eigenvalue weighted by atomic mass is 32.1. The summed E-state index contributed by atoms with van der Waals surface area (Å²) in [6, 6.07) is 21.3. The fourth-order valence-electron chi connectivity index (χ4n) is 3.74. The molecule has 0 amide bonds. The van der Waals surface area contributed by atoms with Crippen LogP contribution in [0.5, 0.6) is 5.75 Å². The number of ketones is 1. The van der Waals surface area contributed by atoms with E-state index in [0.29, 0.717) is 36.4 Å². The predicted octanol–water partition coefficient (Wildman–Crippen LogP) is 7.01. The van der Waals surface area contributed by atoms with Crippen LogP contribution in [0.4, 0.5) is 0 Å². The first-order chi connectivity index (χ1) is 20.3. The molecule has 0 bridgehead atoms. The lowest BCUT2D eigenvalue weighted by Crippen LogP contribution is -2.13. The number of carbonyl (C=O) groups excluding carboxylic acids is 3. The molecule has 0 saturated carbocycles. The molecule has 0 radical (unpaired) electrons. The third kappa shape index (κ3) is 10.7. The highest BCUT2D eigenvalue weighted by molar-refractivity contribution is 7.12. The van der Waals surface area contributed by atoms with Crippen molar-refractivity contribution in [2.45, 2.75) is 39.8 Å². The Kier molecular flexibility index (Phi) is 13.0. The summed E-state index contributed by atoms with van der Waals surface area (Å²) in [5, 5.41) is 4.62. The minimum absolute atomic E-state index is 0.189. The monoisotopic (exact) mass is 602 g/mol. The van der Waals surface area contributed by atoms with Crippen molar-refractivity contribution in [3.63, 3.8) is 0 Å². The molecular formula is C33H34N2O5S2. The maximum Gasteiger partial charge on any atom is 0.333 e. The molecule has 0 aliphatic rings. The number of carbonyl (C=O) groups is 3. The van der Waals surface area contributed by atoms with Gasteiger partial charge in [0, 0.05) is 11.0 Å². The first kappa shape index (κ1) is 32.3. The van der Waals surface area contributed by atoms with Crippen molar-refractivity contribution in [3.8, 4) is 5.75 Å². The number of rotatable bonds is 12. The number of esters is 1. The van der Waals surface area contributed by atoms with Gasteiger partial charge in [-0.25, -0.2) is 9.78 Å². The van der Waals surface area contributed by atoms with E-state index >= 15 is 0 Å². The van der Waals surface area contributed by atoms with Crippen LogP contribution in [0.1, 0.15) is 58.3 Å². The number of nitrogens with two attached hydrogens (primary N) is 1. The van der Waals surface area contributed by atoms with E-state index < -0.39 is 5.78 Å². The summed E-state index contributed by atoms with van der Waals surface area (Å²) in [5.41, 5.74) is 11.0. The Bertz CT molecular complexity index is 1490. The topological polar surface area (TPSA) is 109 Å². The van der Waals surface area contributed by atoms with Crippen LogP contribution in [0, 0.1) is 0 Å². The molecule has 4 aromatic rings. The van der Waals surface area contributed by atoms with Crippen LogP contribution in [-0.2, 0) is 27.4 Å². The van der Waals surface area contributed by atoms with Gasteiger partial charge in [-0.2, -0.15) is 0 Å². The molecule has 0 aliphatic carbocycles. The average molecular weight is 603 g/mol. The molecule has 2 heterocycles. The molecule has 42 heavy (non-hydrogen) atoms. The molecule has 0 fully saturated rings. The van der Waals surface area contributed by atoms with E-state index in [1.165, 1.54) is 11.3 Å². The van der Waals surface area contributed by atoms with Crippen molar-refractivity contribution in [1.29, 1.82) is 0 Å². The molecule has 0 spiro atoms. The Morgan fingerprint density at radius 1 is 0.976 bits per heavy atom. The largest absolute Gasteiger partial charge is 0.489 e. The zero-order valence-electron chi connectivity index (χ0n) is 23.8. The second kappa shape index (κ2) is 16.9. The number of thiophene rings is 1. The van der Waals surface area contributed by atoms with E-state index in [1.807, 2.05) is 73.0 Å². The molecule has 1 atom stereocenters. The highest BCUT2D eigenvalue weighted by Gasteiger charge is 2.12. The van der Waals surface area contributed by atoms with Gasteiger partial charge in [-0.1, -0.05) is 48.5 Å². The lowest BCUT2D eigenvalue weighted by atomic mass is 10.1. The van der Waals surface area contributed by atoms with Gasteiger partial charge < -0.3 is 15.2 Å². The lowest BCUT2D eigenvalue weighted by molar-refractivity contribution is -0.138. The number of benzene rings is 2. The highest BCUT2D eigenvalue weighted by Crippen LogP contribution is 2.23. The van der Waals surface area contributed by atoms with Crippen molar-refractivity contribution in [2.75, 3.05) is 6.61 Å². The molecule has 2 aromatic heterocycles. The standard InChI is InChI=1S/C27H30N2O3S.C6H4O2S/c1-4-31-27(30)20(3)14-19(2)15-23-18-33-26(29-23)25(28)16-21-10-12-24(13-11-21)32-17-22-8-6-5-7-9-22;7-4-5(8)6-2-1-3-9-6/h5-15,18,25H,4,16-17,28H2,1-3H3;1-4H/b19-15+,20-14-;. The number of hydrogen-bond acceptors (Lipinski definition) is 9. The zero-order valence-corrected chi connectivity index (χ0v) is 25.5. The van der Waals surface area contributed by atoms with E-state index in [1.54, 1.807) is 48.8 Å². The summed E-state index contributed by atoms with van der Waals surface area (Å²) in [6.45, 7) is 6.38. The van der Waals surface area contributed by atoms with Crippen molar-refractivity contribution in [3.05, 3.63) is 121 Å². The smallest absolute Gasteiger partial charge is 0.333 e. The van der Waals surface area contributed by atoms with Gasteiger partial charge in [0.05, 0.1) is 23.2 Å². The molecule has 218 valence electrons. The van der Waals surface area contributed by atoms with Crippen LogP contribution in [0.3, 0.4) is 0 Å². The molecule has 0 aliphatic heterocycles. The van der Waals surface area contributed by atoms with Crippen LogP contribution in [0.25, 0.3) is 6.08 Å². The molecule has 9 heteroatoms. The SMILES string of the molecule is CCOC(=O)/C(C)=C\C(C)=C\c1csc(C(N)Cc2ccc(OCc3ccccc3)cc2)n1.O=CC(=O)c1cccs1. The predicted molar refractivity (Wildman–Crippen MR) is 169 cm³/mol. The number of Topliss-reactive ketones (excluding diaryl/α,β-unsaturated/α-hetero) is 1. The first-order valence-corrected chi connectivity index (χ1v) is 15.1. The van der Waals surface area contributed by atoms with Crippen LogP contribution in [0.15, 0.2) is 94.7 Å². The summed E-state index contributed by atoms with van der Waals surface area (Å²) < 4.78 is 10.9. The van der Waals surface area contributed by atoms with Crippen molar-refractivity contribution in [1.82, 2.24) is 4.98 Å².